The Balaban J connectivity index is 2.07. The number of nitrogens with one attached hydrogen (secondary N) is 1. The van der Waals surface area contributed by atoms with Gasteiger partial charge in [-0.15, -0.1) is 0 Å². The van der Waals surface area contributed by atoms with Gasteiger partial charge in [-0.25, -0.2) is 4.39 Å². The first-order chi connectivity index (χ1) is 12.4. The molecule has 0 radical (unpaired) electrons. The van der Waals surface area contributed by atoms with Crippen LogP contribution in [0.4, 0.5) is 4.39 Å². The molecule has 3 aromatic rings. The Morgan fingerprint density at radius 2 is 2.04 bits per heavy atom. The number of hydrogen-bond acceptors (Lipinski definition) is 4. The number of benzene rings is 1. The summed E-state index contributed by atoms with van der Waals surface area (Å²) in [6, 6.07) is 1.40. The van der Waals surface area contributed by atoms with Gasteiger partial charge >= 0.3 is 0 Å². The lowest BCUT2D eigenvalue weighted by atomic mass is 9.81. The van der Waals surface area contributed by atoms with Crippen LogP contribution in [0.5, 0.6) is 0 Å². The van der Waals surface area contributed by atoms with Gasteiger partial charge in [0.2, 0.25) is 5.43 Å². The van der Waals surface area contributed by atoms with Crippen molar-refractivity contribution in [2.45, 2.75) is 51.1 Å². The van der Waals surface area contributed by atoms with Gasteiger partial charge < -0.3 is 10.3 Å². The summed E-state index contributed by atoms with van der Waals surface area (Å²) in [5, 5.41) is 0.500. The molecule has 1 aliphatic rings. The van der Waals surface area contributed by atoms with Crippen molar-refractivity contribution >= 4 is 44.3 Å². The van der Waals surface area contributed by atoms with Gasteiger partial charge in [-0.1, -0.05) is 11.6 Å². The smallest absolute Gasteiger partial charge is 0.271 e. The van der Waals surface area contributed by atoms with Crippen molar-refractivity contribution in [1.29, 1.82) is 0 Å². The first-order valence-corrected chi connectivity index (χ1v) is 9.94. The Kier molecular flexibility index (Phi) is 4.41. The molecule has 1 saturated carbocycles. The summed E-state index contributed by atoms with van der Waals surface area (Å²) in [6.07, 6.45) is 3.22. The van der Waals surface area contributed by atoms with Gasteiger partial charge in [0.05, 0.1) is 15.9 Å². The van der Waals surface area contributed by atoms with Crippen LogP contribution in [-0.2, 0) is 6.54 Å². The highest BCUT2D eigenvalue weighted by Gasteiger charge is 2.28. The van der Waals surface area contributed by atoms with Crippen molar-refractivity contribution in [3.05, 3.63) is 43.0 Å². The van der Waals surface area contributed by atoms with E-state index in [1.165, 1.54) is 6.07 Å². The third-order valence-electron chi connectivity index (χ3n) is 5.39. The standard InChI is InChI=1S/C18H19ClFN3O2S/c1-2-23-15-10(16(24)13-17(25)22-26-18(13)23)7-11(20)12(14(15)19)8-3-5-9(21)6-4-8/h7-9H,2-6,21H2,1H3,(H,22,25). The quantitative estimate of drug-likeness (QED) is 0.694. The van der Waals surface area contributed by atoms with E-state index in [2.05, 4.69) is 4.37 Å². The van der Waals surface area contributed by atoms with Crippen LogP contribution in [0.3, 0.4) is 0 Å². The van der Waals surface area contributed by atoms with Crippen LogP contribution in [0, 0.1) is 5.82 Å². The number of nitrogens with two attached hydrogens (primary N) is 1. The third-order valence-corrected chi connectivity index (χ3v) is 6.68. The number of rotatable bonds is 2. The molecule has 4 rings (SSSR count). The Morgan fingerprint density at radius 1 is 1.35 bits per heavy atom. The molecule has 5 nitrogen and oxygen atoms in total. The molecule has 0 aliphatic heterocycles. The second kappa shape index (κ2) is 6.48. The van der Waals surface area contributed by atoms with Crippen molar-refractivity contribution < 1.29 is 4.39 Å². The average Bonchev–Trinajstić information content (AvgIpc) is 3.00. The molecule has 138 valence electrons. The molecule has 0 unspecified atom stereocenters. The number of aromatic nitrogens is 2. The predicted octanol–water partition coefficient (Wildman–Crippen LogP) is 3.70. The van der Waals surface area contributed by atoms with Crippen LogP contribution >= 0.6 is 23.1 Å². The lowest BCUT2D eigenvalue weighted by Gasteiger charge is -2.28. The second-order valence-corrected chi connectivity index (χ2v) is 8.05. The molecule has 2 heterocycles. The molecule has 1 aliphatic carbocycles. The fraction of sp³-hybridized carbons (Fsp3) is 0.444. The maximum absolute atomic E-state index is 15.0. The third kappa shape index (κ3) is 2.52. The van der Waals surface area contributed by atoms with Crippen molar-refractivity contribution in [2.75, 3.05) is 0 Å². The maximum atomic E-state index is 15.0. The summed E-state index contributed by atoms with van der Waals surface area (Å²) in [5.41, 5.74) is 6.03. The SMILES string of the molecule is CCn1c2s[nH]c(=O)c2c(=O)c2cc(F)c(C3CCC(N)CC3)c(Cl)c21. The van der Waals surface area contributed by atoms with E-state index >= 15 is 0 Å². The van der Waals surface area contributed by atoms with Gasteiger partial charge in [-0.05, 0) is 56.1 Å². The molecule has 1 aromatic carbocycles. The number of aromatic amines is 1. The summed E-state index contributed by atoms with van der Waals surface area (Å²) >= 11 is 7.77. The minimum absolute atomic E-state index is 0.00669. The van der Waals surface area contributed by atoms with Gasteiger partial charge in [-0.3, -0.25) is 14.0 Å². The maximum Gasteiger partial charge on any atom is 0.271 e. The number of nitrogens with zero attached hydrogens (tertiary/aromatic N) is 1. The van der Waals surface area contributed by atoms with Gasteiger partial charge in [0.1, 0.15) is 16.0 Å². The number of halogens is 2. The van der Waals surface area contributed by atoms with Crippen LogP contribution in [0.15, 0.2) is 15.7 Å². The van der Waals surface area contributed by atoms with Gasteiger partial charge in [-0.2, -0.15) is 0 Å². The molecule has 3 N–H and O–H groups in total. The van der Waals surface area contributed by atoms with Crippen LogP contribution in [0.25, 0.3) is 21.1 Å². The average molecular weight is 396 g/mol. The van der Waals surface area contributed by atoms with Crippen LogP contribution in [0.1, 0.15) is 44.1 Å². The van der Waals surface area contributed by atoms with E-state index in [-0.39, 0.29) is 27.8 Å². The van der Waals surface area contributed by atoms with Crippen LogP contribution in [0.2, 0.25) is 5.02 Å². The zero-order valence-corrected chi connectivity index (χ0v) is 15.8. The second-order valence-electron chi connectivity index (χ2n) is 6.88. The zero-order chi connectivity index (χ0) is 18.6. The Morgan fingerprint density at radius 3 is 2.69 bits per heavy atom. The van der Waals surface area contributed by atoms with E-state index in [4.69, 9.17) is 17.3 Å². The van der Waals surface area contributed by atoms with Gasteiger partial charge in [0.25, 0.3) is 5.56 Å². The van der Waals surface area contributed by atoms with E-state index in [0.29, 0.717) is 22.5 Å². The normalized spacial score (nSPS) is 20.9. The lowest BCUT2D eigenvalue weighted by molar-refractivity contribution is 0.387. The fourth-order valence-electron chi connectivity index (χ4n) is 4.06. The summed E-state index contributed by atoms with van der Waals surface area (Å²) in [5.74, 6) is -0.485. The summed E-state index contributed by atoms with van der Waals surface area (Å²) in [4.78, 5) is 25.4. The number of fused-ring (bicyclic) bond motifs is 2. The van der Waals surface area contributed by atoms with E-state index in [0.717, 1.165) is 37.2 Å². The van der Waals surface area contributed by atoms with Gasteiger partial charge in [0, 0.05) is 18.2 Å². The van der Waals surface area contributed by atoms with Crippen LogP contribution in [-0.4, -0.2) is 15.0 Å². The van der Waals surface area contributed by atoms with E-state index < -0.39 is 16.8 Å². The minimum atomic E-state index is -0.478. The molecular weight excluding hydrogens is 377 g/mol. The van der Waals surface area contributed by atoms with Crippen LogP contribution < -0.4 is 16.7 Å². The van der Waals surface area contributed by atoms with Gasteiger partial charge in [0.15, 0.2) is 0 Å². The highest BCUT2D eigenvalue weighted by Crippen LogP contribution is 2.41. The summed E-state index contributed by atoms with van der Waals surface area (Å²) in [7, 11) is 0. The fourth-order valence-corrected chi connectivity index (χ4v) is 5.42. The Bertz CT molecular complexity index is 1130. The van der Waals surface area contributed by atoms with E-state index in [1.54, 1.807) is 0 Å². The number of aryl methyl sites for hydroxylation is 1. The van der Waals surface area contributed by atoms with E-state index in [1.807, 2.05) is 11.5 Å². The number of H-pyrrole nitrogens is 1. The van der Waals surface area contributed by atoms with Crippen molar-refractivity contribution in [1.82, 2.24) is 8.94 Å². The van der Waals surface area contributed by atoms with Crippen molar-refractivity contribution in [3.63, 3.8) is 0 Å². The van der Waals surface area contributed by atoms with E-state index in [9.17, 15) is 14.0 Å². The predicted molar refractivity (Wildman–Crippen MR) is 104 cm³/mol. The molecule has 0 spiro atoms. The highest BCUT2D eigenvalue weighted by atomic mass is 35.5. The molecule has 2 aromatic heterocycles. The monoisotopic (exact) mass is 395 g/mol. The molecule has 0 amide bonds. The Hall–Kier alpha value is -1.70. The first-order valence-electron chi connectivity index (χ1n) is 8.75. The molecule has 0 saturated heterocycles. The van der Waals surface area contributed by atoms with Crippen molar-refractivity contribution in [2.24, 2.45) is 5.73 Å². The minimum Gasteiger partial charge on any atom is -0.330 e. The first kappa shape index (κ1) is 17.7. The topological polar surface area (TPSA) is 80.9 Å². The number of hydrogen-bond donors (Lipinski definition) is 2. The molecule has 26 heavy (non-hydrogen) atoms. The summed E-state index contributed by atoms with van der Waals surface area (Å²) in [6.45, 7) is 2.42. The molecule has 8 heteroatoms. The highest BCUT2D eigenvalue weighted by molar-refractivity contribution is 7.12. The largest absolute Gasteiger partial charge is 0.330 e. The lowest BCUT2D eigenvalue weighted by Crippen LogP contribution is -2.26. The molecule has 0 atom stereocenters. The molecule has 1 fully saturated rings. The molecular formula is C18H19ClFN3O2S. The molecule has 0 bridgehead atoms. The van der Waals surface area contributed by atoms with Crippen molar-refractivity contribution in [3.8, 4) is 0 Å². The zero-order valence-electron chi connectivity index (χ0n) is 14.3. The summed E-state index contributed by atoms with van der Waals surface area (Å²) < 4.78 is 19.4. The Labute approximate surface area is 157 Å². The number of pyridine rings is 1.